The SMILES string of the molecule is Cc1cccc(/C=N/Nc2cc(N3CCOCC3)n3nc(-c4ccccc4C)cc3n2)c1. The van der Waals surface area contributed by atoms with Gasteiger partial charge >= 0.3 is 0 Å². The van der Waals surface area contributed by atoms with Crippen LogP contribution in [-0.2, 0) is 4.74 Å². The van der Waals surface area contributed by atoms with Crippen LogP contribution < -0.4 is 10.3 Å². The number of hydrogen-bond acceptors (Lipinski definition) is 6. The van der Waals surface area contributed by atoms with Gasteiger partial charge < -0.3 is 9.64 Å². The second-order valence-electron chi connectivity index (χ2n) is 8.00. The van der Waals surface area contributed by atoms with Crippen molar-refractivity contribution >= 4 is 23.5 Å². The number of nitrogens with one attached hydrogen (secondary N) is 1. The maximum absolute atomic E-state index is 5.55. The van der Waals surface area contributed by atoms with Crippen LogP contribution in [-0.4, -0.2) is 47.1 Å². The Kier molecular flexibility index (Phi) is 5.56. The number of ether oxygens (including phenoxy) is 1. The Morgan fingerprint density at radius 3 is 2.66 bits per heavy atom. The minimum Gasteiger partial charge on any atom is -0.378 e. The molecule has 7 nitrogen and oxygen atoms in total. The van der Waals surface area contributed by atoms with Gasteiger partial charge in [0.2, 0.25) is 0 Å². The average Bonchev–Trinajstić information content (AvgIpc) is 3.23. The molecule has 4 aromatic rings. The molecule has 5 rings (SSSR count). The molecule has 3 heterocycles. The normalized spacial score (nSPS) is 14.4. The summed E-state index contributed by atoms with van der Waals surface area (Å²) in [5.41, 5.74) is 9.32. The van der Waals surface area contributed by atoms with Gasteiger partial charge in [-0.05, 0) is 25.0 Å². The second kappa shape index (κ2) is 8.80. The van der Waals surface area contributed by atoms with E-state index in [-0.39, 0.29) is 0 Å². The van der Waals surface area contributed by atoms with Crippen molar-refractivity contribution in [2.24, 2.45) is 5.10 Å². The number of fused-ring (bicyclic) bond motifs is 1. The van der Waals surface area contributed by atoms with E-state index in [4.69, 9.17) is 14.8 Å². The molecule has 1 aliphatic heterocycles. The Balaban J connectivity index is 1.52. The van der Waals surface area contributed by atoms with Crippen molar-refractivity contribution < 1.29 is 4.74 Å². The molecule has 2 aromatic carbocycles. The number of aromatic nitrogens is 3. The van der Waals surface area contributed by atoms with Crippen molar-refractivity contribution in [3.8, 4) is 11.3 Å². The fourth-order valence-corrected chi connectivity index (χ4v) is 3.95. The number of hydrazone groups is 1. The third-order valence-corrected chi connectivity index (χ3v) is 5.60. The molecular weight excluding hydrogens is 400 g/mol. The maximum atomic E-state index is 5.55. The van der Waals surface area contributed by atoms with Crippen molar-refractivity contribution in [2.75, 3.05) is 36.6 Å². The predicted octanol–water partition coefficient (Wildman–Crippen LogP) is 4.30. The number of nitrogens with zero attached hydrogens (tertiary/aromatic N) is 5. The van der Waals surface area contributed by atoms with Crippen LogP contribution in [0.25, 0.3) is 16.9 Å². The average molecular weight is 427 g/mol. The molecule has 0 amide bonds. The van der Waals surface area contributed by atoms with Crippen molar-refractivity contribution in [1.29, 1.82) is 0 Å². The molecule has 7 heteroatoms. The fourth-order valence-electron chi connectivity index (χ4n) is 3.95. The maximum Gasteiger partial charge on any atom is 0.160 e. The number of anilines is 2. The summed E-state index contributed by atoms with van der Waals surface area (Å²) in [7, 11) is 0. The van der Waals surface area contributed by atoms with E-state index >= 15 is 0 Å². The van der Waals surface area contributed by atoms with Gasteiger partial charge in [-0.15, -0.1) is 0 Å². The van der Waals surface area contributed by atoms with E-state index < -0.39 is 0 Å². The predicted molar refractivity (Wildman–Crippen MR) is 129 cm³/mol. The first kappa shape index (κ1) is 20.2. The van der Waals surface area contributed by atoms with Gasteiger partial charge in [-0.1, -0.05) is 54.1 Å². The summed E-state index contributed by atoms with van der Waals surface area (Å²) in [4.78, 5) is 7.05. The lowest BCUT2D eigenvalue weighted by Gasteiger charge is -2.29. The summed E-state index contributed by atoms with van der Waals surface area (Å²) in [5.74, 6) is 1.66. The molecule has 32 heavy (non-hydrogen) atoms. The van der Waals surface area contributed by atoms with Crippen molar-refractivity contribution in [2.45, 2.75) is 13.8 Å². The summed E-state index contributed by atoms with van der Waals surface area (Å²) in [5, 5.41) is 9.32. The van der Waals surface area contributed by atoms with Crippen molar-refractivity contribution in [3.63, 3.8) is 0 Å². The molecule has 1 aliphatic rings. The molecule has 1 N–H and O–H groups in total. The van der Waals surface area contributed by atoms with Crippen molar-refractivity contribution in [3.05, 3.63) is 77.4 Å². The Labute approximate surface area is 187 Å². The summed E-state index contributed by atoms with van der Waals surface area (Å²) in [6, 6.07) is 20.5. The first-order chi connectivity index (χ1) is 15.7. The van der Waals surface area contributed by atoms with Crippen LogP contribution in [0.3, 0.4) is 0 Å². The Hall–Kier alpha value is -3.71. The van der Waals surface area contributed by atoms with Gasteiger partial charge in [-0.2, -0.15) is 14.7 Å². The molecule has 0 radical (unpaired) electrons. The molecule has 0 unspecified atom stereocenters. The molecule has 0 spiro atoms. The Morgan fingerprint density at radius 1 is 1.00 bits per heavy atom. The Morgan fingerprint density at radius 2 is 1.84 bits per heavy atom. The topological polar surface area (TPSA) is 67.0 Å². The first-order valence-corrected chi connectivity index (χ1v) is 10.8. The molecule has 1 fully saturated rings. The number of hydrogen-bond donors (Lipinski definition) is 1. The summed E-state index contributed by atoms with van der Waals surface area (Å²) < 4.78 is 7.47. The van der Waals surface area contributed by atoms with Gasteiger partial charge in [0, 0.05) is 30.8 Å². The number of benzene rings is 2. The molecule has 162 valence electrons. The number of rotatable bonds is 5. The van der Waals surface area contributed by atoms with Crippen LogP contribution in [0.15, 0.2) is 65.8 Å². The highest BCUT2D eigenvalue weighted by molar-refractivity contribution is 5.80. The zero-order chi connectivity index (χ0) is 21.9. The zero-order valence-electron chi connectivity index (χ0n) is 18.3. The van der Waals surface area contributed by atoms with Crippen LogP contribution >= 0.6 is 0 Å². The quantitative estimate of drug-likeness (QED) is 0.381. The lowest BCUT2D eigenvalue weighted by atomic mass is 10.1. The summed E-state index contributed by atoms with van der Waals surface area (Å²) in [6.45, 7) is 7.19. The van der Waals surface area contributed by atoms with Gasteiger partial charge in [0.15, 0.2) is 11.5 Å². The molecule has 0 bridgehead atoms. The lowest BCUT2D eigenvalue weighted by Crippen LogP contribution is -2.37. The van der Waals surface area contributed by atoms with E-state index in [0.29, 0.717) is 19.0 Å². The van der Waals surface area contributed by atoms with Crippen LogP contribution in [0.2, 0.25) is 0 Å². The first-order valence-electron chi connectivity index (χ1n) is 10.8. The molecule has 0 atom stereocenters. The van der Waals surface area contributed by atoms with Crippen LogP contribution in [0.4, 0.5) is 11.6 Å². The molecule has 0 aliphatic carbocycles. The Bertz CT molecular complexity index is 1270. The lowest BCUT2D eigenvalue weighted by molar-refractivity contribution is 0.122. The minimum atomic E-state index is 0.680. The highest BCUT2D eigenvalue weighted by atomic mass is 16.5. The summed E-state index contributed by atoms with van der Waals surface area (Å²) in [6.07, 6.45) is 1.81. The van der Waals surface area contributed by atoms with Crippen LogP contribution in [0, 0.1) is 13.8 Å². The molecule has 0 saturated carbocycles. The second-order valence-corrected chi connectivity index (χ2v) is 8.00. The smallest absolute Gasteiger partial charge is 0.160 e. The largest absolute Gasteiger partial charge is 0.378 e. The van der Waals surface area contributed by atoms with E-state index in [9.17, 15) is 0 Å². The van der Waals surface area contributed by atoms with E-state index in [2.05, 4.69) is 53.5 Å². The van der Waals surface area contributed by atoms with Crippen LogP contribution in [0.5, 0.6) is 0 Å². The molecular formula is C25H26N6O. The van der Waals surface area contributed by atoms with E-state index in [0.717, 1.165) is 41.4 Å². The van der Waals surface area contributed by atoms with E-state index in [1.54, 1.807) is 0 Å². The van der Waals surface area contributed by atoms with Crippen LogP contribution in [0.1, 0.15) is 16.7 Å². The standard InChI is InChI=1S/C25H26N6O/c1-18-6-5-8-20(14-18)17-26-28-23-16-25(30-10-12-32-13-11-30)31-24(27-23)15-22(29-31)21-9-4-3-7-19(21)2/h3-9,14-17H,10-13H2,1-2H3,(H,27,28)/b26-17+. The van der Waals surface area contributed by atoms with E-state index in [1.807, 2.05) is 47.1 Å². The van der Waals surface area contributed by atoms with Gasteiger partial charge in [0.05, 0.1) is 25.1 Å². The third-order valence-electron chi connectivity index (χ3n) is 5.60. The number of aryl methyl sites for hydroxylation is 2. The van der Waals surface area contributed by atoms with Gasteiger partial charge in [-0.25, -0.2) is 4.98 Å². The monoisotopic (exact) mass is 426 g/mol. The highest BCUT2D eigenvalue weighted by Gasteiger charge is 2.18. The minimum absolute atomic E-state index is 0.680. The van der Waals surface area contributed by atoms with Crippen molar-refractivity contribution in [1.82, 2.24) is 14.6 Å². The third kappa shape index (κ3) is 4.20. The molecule has 1 saturated heterocycles. The van der Waals surface area contributed by atoms with E-state index in [1.165, 1.54) is 11.1 Å². The van der Waals surface area contributed by atoms with Gasteiger partial charge in [-0.3, -0.25) is 5.43 Å². The highest BCUT2D eigenvalue weighted by Crippen LogP contribution is 2.27. The fraction of sp³-hybridized carbons (Fsp3) is 0.240. The summed E-state index contributed by atoms with van der Waals surface area (Å²) >= 11 is 0. The zero-order valence-corrected chi connectivity index (χ0v) is 18.3. The molecule has 2 aromatic heterocycles. The number of morpholine rings is 1. The van der Waals surface area contributed by atoms with Gasteiger partial charge in [0.25, 0.3) is 0 Å². The van der Waals surface area contributed by atoms with Gasteiger partial charge in [0.1, 0.15) is 5.82 Å².